The van der Waals surface area contributed by atoms with Crippen molar-refractivity contribution in [1.29, 1.82) is 0 Å². The summed E-state index contributed by atoms with van der Waals surface area (Å²) in [5, 5.41) is 4.94. The lowest BCUT2D eigenvalue weighted by Gasteiger charge is -2.05. The van der Waals surface area contributed by atoms with E-state index in [0.717, 1.165) is 10.8 Å². The van der Waals surface area contributed by atoms with Crippen molar-refractivity contribution < 1.29 is 13.2 Å². The molecule has 0 aromatic heterocycles. The molecule has 0 bridgehead atoms. The van der Waals surface area contributed by atoms with E-state index >= 15 is 0 Å². The number of halogens is 3. The van der Waals surface area contributed by atoms with Crippen molar-refractivity contribution in [2.45, 2.75) is 6.18 Å². The summed E-state index contributed by atoms with van der Waals surface area (Å²) in [6, 6.07) is 12.7. The number of nitrogens with zero attached hydrogens (tertiary/aromatic N) is 1. The summed E-state index contributed by atoms with van der Waals surface area (Å²) in [4.78, 5) is 0. The predicted octanol–water partition coefficient (Wildman–Crippen LogP) is 3.80. The van der Waals surface area contributed by atoms with Gasteiger partial charge in [0.25, 0.3) is 0 Å². The van der Waals surface area contributed by atoms with Gasteiger partial charge in [-0.3, -0.25) is 5.43 Å². The molecule has 0 unspecified atom stereocenters. The average Bonchev–Trinajstić information content (AvgIpc) is 2.28. The van der Waals surface area contributed by atoms with Crippen molar-refractivity contribution in [3.05, 3.63) is 42.5 Å². The first kappa shape index (κ1) is 11.4. The van der Waals surface area contributed by atoms with Gasteiger partial charge in [-0.05, 0) is 11.5 Å². The van der Waals surface area contributed by atoms with Gasteiger partial charge in [-0.25, -0.2) is 0 Å². The minimum atomic E-state index is -4.41. The van der Waals surface area contributed by atoms with Gasteiger partial charge in [0.15, 0.2) is 0 Å². The molecule has 0 spiro atoms. The van der Waals surface area contributed by atoms with Gasteiger partial charge >= 0.3 is 6.18 Å². The maximum Gasteiger partial charge on any atom is 0.428 e. The van der Waals surface area contributed by atoms with Crippen LogP contribution in [0.2, 0.25) is 0 Å². The second-order valence-electron chi connectivity index (χ2n) is 3.44. The van der Waals surface area contributed by atoms with Gasteiger partial charge in [0, 0.05) is 5.39 Å². The van der Waals surface area contributed by atoms with E-state index in [1.807, 2.05) is 30.3 Å². The van der Waals surface area contributed by atoms with E-state index in [-0.39, 0.29) is 6.21 Å². The van der Waals surface area contributed by atoms with Crippen molar-refractivity contribution in [3.8, 4) is 0 Å². The second kappa shape index (κ2) is 4.45. The van der Waals surface area contributed by atoms with E-state index in [2.05, 4.69) is 10.5 Å². The molecule has 88 valence electrons. The summed E-state index contributed by atoms with van der Waals surface area (Å²) >= 11 is 0. The molecule has 5 heteroatoms. The zero-order chi connectivity index (χ0) is 12.3. The lowest BCUT2D eigenvalue weighted by molar-refractivity contribution is -0.0536. The Labute approximate surface area is 95.8 Å². The highest BCUT2D eigenvalue weighted by Gasteiger charge is 2.23. The number of hydrogen-bond donors (Lipinski definition) is 1. The molecule has 0 atom stereocenters. The average molecular weight is 238 g/mol. The molecule has 2 rings (SSSR count). The largest absolute Gasteiger partial charge is 0.428 e. The van der Waals surface area contributed by atoms with E-state index < -0.39 is 6.18 Å². The molecule has 1 N–H and O–H groups in total. The van der Waals surface area contributed by atoms with Gasteiger partial charge in [0.2, 0.25) is 0 Å². The number of nitrogens with one attached hydrogen (secondary N) is 1. The molecule has 0 heterocycles. The second-order valence-corrected chi connectivity index (χ2v) is 3.44. The number of hydrazone groups is 1. The van der Waals surface area contributed by atoms with Crippen molar-refractivity contribution in [3.63, 3.8) is 0 Å². The van der Waals surface area contributed by atoms with E-state index in [9.17, 15) is 13.2 Å². The minimum Gasteiger partial charge on any atom is -0.278 e. The highest BCUT2D eigenvalue weighted by molar-refractivity contribution is 5.93. The molecule has 0 radical (unpaired) electrons. The number of hydrogen-bond acceptors (Lipinski definition) is 2. The predicted molar refractivity (Wildman–Crippen MR) is 62.1 cm³/mol. The molecule has 0 saturated carbocycles. The van der Waals surface area contributed by atoms with Crippen LogP contribution in [0.1, 0.15) is 0 Å². The van der Waals surface area contributed by atoms with Gasteiger partial charge in [-0.2, -0.15) is 18.3 Å². The smallest absolute Gasteiger partial charge is 0.278 e. The molecule has 0 aliphatic rings. The van der Waals surface area contributed by atoms with Crippen molar-refractivity contribution in [2.75, 3.05) is 5.43 Å². The third-order valence-corrected chi connectivity index (χ3v) is 2.19. The molecule has 2 aromatic rings. The third-order valence-electron chi connectivity index (χ3n) is 2.19. The summed E-state index contributed by atoms with van der Waals surface area (Å²) in [6.45, 7) is 0. The zero-order valence-electron chi connectivity index (χ0n) is 8.70. The van der Waals surface area contributed by atoms with Crippen LogP contribution in [0, 0.1) is 0 Å². The fourth-order valence-electron chi connectivity index (χ4n) is 1.50. The van der Waals surface area contributed by atoms with Crippen molar-refractivity contribution in [2.24, 2.45) is 5.10 Å². The van der Waals surface area contributed by atoms with Crippen LogP contribution in [0.3, 0.4) is 0 Å². The summed E-state index contributed by atoms with van der Waals surface area (Å²) in [5.74, 6) is 0. The fraction of sp³-hybridized carbons (Fsp3) is 0.0833. The van der Waals surface area contributed by atoms with Crippen LogP contribution in [0.5, 0.6) is 0 Å². The normalized spacial score (nSPS) is 12.2. The van der Waals surface area contributed by atoms with Gasteiger partial charge in [0.1, 0.15) is 6.21 Å². The Morgan fingerprint density at radius 3 is 2.47 bits per heavy atom. The highest BCUT2D eigenvalue weighted by Crippen LogP contribution is 2.23. The van der Waals surface area contributed by atoms with Crippen LogP contribution >= 0.6 is 0 Å². The third kappa shape index (κ3) is 2.96. The van der Waals surface area contributed by atoms with Crippen LogP contribution < -0.4 is 5.43 Å². The monoisotopic (exact) mass is 238 g/mol. The van der Waals surface area contributed by atoms with Crippen molar-refractivity contribution >= 4 is 22.7 Å². The zero-order valence-corrected chi connectivity index (χ0v) is 8.70. The maximum absolute atomic E-state index is 11.9. The van der Waals surface area contributed by atoms with Gasteiger partial charge in [-0.1, -0.05) is 36.4 Å². The van der Waals surface area contributed by atoms with Crippen LogP contribution in [-0.4, -0.2) is 12.4 Å². The fourth-order valence-corrected chi connectivity index (χ4v) is 1.50. The number of alkyl halides is 3. The van der Waals surface area contributed by atoms with Crippen LogP contribution in [-0.2, 0) is 0 Å². The first-order valence-electron chi connectivity index (χ1n) is 4.91. The Kier molecular flexibility index (Phi) is 2.99. The lowest BCUT2D eigenvalue weighted by Crippen LogP contribution is -2.09. The Bertz CT molecular complexity index is 541. The van der Waals surface area contributed by atoms with Gasteiger partial charge < -0.3 is 0 Å². The van der Waals surface area contributed by atoms with E-state index in [1.54, 1.807) is 12.1 Å². The van der Waals surface area contributed by atoms with Crippen molar-refractivity contribution in [1.82, 2.24) is 0 Å². The summed E-state index contributed by atoms with van der Waals surface area (Å²) in [6.07, 6.45) is -4.48. The molecule has 0 aliphatic carbocycles. The standard InChI is InChI=1S/C12H9F3N2/c13-12(14,15)8-16-17-11-7-3-5-9-4-1-2-6-10(9)11/h1-8,17H/b16-8+. The van der Waals surface area contributed by atoms with Crippen LogP contribution in [0.15, 0.2) is 47.6 Å². The molecule has 2 nitrogen and oxygen atoms in total. The molecular formula is C12H9F3N2. The number of rotatable bonds is 2. The van der Waals surface area contributed by atoms with E-state index in [0.29, 0.717) is 5.69 Å². The molecule has 0 amide bonds. The number of anilines is 1. The van der Waals surface area contributed by atoms with Gasteiger partial charge in [0.05, 0.1) is 5.69 Å². The SMILES string of the molecule is FC(F)(F)/C=N/Nc1cccc2ccccc12. The summed E-state index contributed by atoms with van der Waals surface area (Å²) in [7, 11) is 0. The quantitative estimate of drug-likeness (QED) is 0.624. The molecule has 2 aromatic carbocycles. The Morgan fingerprint density at radius 2 is 1.71 bits per heavy atom. The van der Waals surface area contributed by atoms with E-state index in [1.165, 1.54) is 0 Å². The Morgan fingerprint density at radius 1 is 1.00 bits per heavy atom. The maximum atomic E-state index is 11.9. The Balaban J connectivity index is 2.28. The first-order valence-corrected chi connectivity index (χ1v) is 4.91. The molecule has 17 heavy (non-hydrogen) atoms. The first-order chi connectivity index (χ1) is 8.06. The molecule has 0 fully saturated rings. The Hall–Kier alpha value is -2.04. The van der Waals surface area contributed by atoms with Crippen LogP contribution in [0.25, 0.3) is 10.8 Å². The summed E-state index contributed by atoms with van der Waals surface area (Å²) in [5.41, 5.74) is 2.94. The summed E-state index contributed by atoms with van der Waals surface area (Å²) < 4.78 is 35.6. The lowest BCUT2D eigenvalue weighted by atomic mass is 10.1. The molecule has 0 aliphatic heterocycles. The van der Waals surface area contributed by atoms with Gasteiger partial charge in [-0.15, -0.1) is 0 Å². The highest BCUT2D eigenvalue weighted by atomic mass is 19.4. The minimum absolute atomic E-state index is 0.0746. The van der Waals surface area contributed by atoms with Crippen LogP contribution in [0.4, 0.5) is 18.9 Å². The van der Waals surface area contributed by atoms with E-state index in [4.69, 9.17) is 0 Å². The molecular weight excluding hydrogens is 229 g/mol. The number of fused-ring (bicyclic) bond motifs is 1. The molecule has 0 saturated heterocycles. The topological polar surface area (TPSA) is 24.4 Å². The number of benzene rings is 2.